The Morgan fingerprint density at radius 2 is 2.30 bits per heavy atom. The predicted molar refractivity (Wildman–Crippen MR) is 90.0 cm³/mol. The molecule has 7 heteroatoms. The van der Waals surface area contributed by atoms with Crippen LogP contribution in [0.4, 0.5) is 0 Å². The Morgan fingerprint density at radius 1 is 1.35 bits per heavy atom. The largest absolute Gasteiger partial charge is 0.293 e. The molecule has 1 fully saturated rings. The number of aromatic nitrogens is 5. The standard InChI is InChI=1S/C16H20N6S/c1-20-9-13(8-18-20)16-19-14(12-23-16)10-21-6-2-4-15(21)11-22-7-3-5-17-22/h3,5,7-9,12,15H,2,4,6,10-11H2,1H3/t15-/m0/s1. The monoisotopic (exact) mass is 328 g/mol. The molecule has 0 unspecified atom stereocenters. The molecule has 3 aromatic rings. The molecule has 0 N–H and O–H groups in total. The second-order valence-corrected chi connectivity index (χ2v) is 6.90. The average molecular weight is 328 g/mol. The third-order valence-electron chi connectivity index (χ3n) is 4.32. The van der Waals surface area contributed by atoms with Gasteiger partial charge in [0.25, 0.3) is 0 Å². The van der Waals surface area contributed by atoms with Crippen molar-refractivity contribution in [2.45, 2.75) is 32.0 Å². The second-order valence-electron chi connectivity index (χ2n) is 6.04. The summed E-state index contributed by atoms with van der Waals surface area (Å²) in [6, 6.07) is 2.54. The minimum Gasteiger partial charge on any atom is -0.293 e. The highest BCUT2D eigenvalue weighted by molar-refractivity contribution is 7.13. The number of thiazole rings is 1. The van der Waals surface area contributed by atoms with Crippen molar-refractivity contribution >= 4 is 11.3 Å². The lowest BCUT2D eigenvalue weighted by Crippen LogP contribution is -2.32. The first-order chi connectivity index (χ1) is 11.3. The Labute approximate surface area is 139 Å². The number of rotatable bonds is 5. The Morgan fingerprint density at radius 3 is 3.09 bits per heavy atom. The van der Waals surface area contributed by atoms with E-state index in [1.807, 2.05) is 47.3 Å². The summed E-state index contributed by atoms with van der Waals surface area (Å²) in [5, 5.41) is 11.8. The SMILES string of the molecule is Cn1cc(-c2nc(CN3CCC[C@H]3Cn3cccn3)cs2)cn1. The zero-order chi connectivity index (χ0) is 15.6. The van der Waals surface area contributed by atoms with Crippen LogP contribution in [0.5, 0.6) is 0 Å². The van der Waals surface area contributed by atoms with Gasteiger partial charge in [0.2, 0.25) is 0 Å². The summed E-state index contributed by atoms with van der Waals surface area (Å²) in [6.07, 6.45) is 10.3. The lowest BCUT2D eigenvalue weighted by molar-refractivity contribution is 0.217. The molecular weight excluding hydrogens is 308 g/mol. The van der Waals surface area contributed by atoms with E-state index in [0.29, 0.717) is 6.04 Å². The van der Waals surface area contributed by atoms with E-state index in [9.17, 15) is 0 Å². The summed E-state index contributed by atoms with van der Waals surface area (Å²) in [6.45, 7) is 3.03. The third-order valence-corrected chi connectivity index (χ3v) is 5.26. The third kappa shape index (κ3) is 3.20. The Bertz CT molecular complexity index is 759. The van der Waals surface area contributed by atoms with E-state index in [1.54, 1.807) is 11.3 Å². The first-order valence-corrected chi connectivity index (χ1v) is 8.81. The first-order valence-electron chi connectivity index (χ1n) is 7.93. The van der Waals surface area contributed by atoms with Crippen LogP contribution in [-0.4, -0.2) is 42.0 Å². The van der Waals surface area contributed by atoms with Crippen LogP contribution in [0.25, 0.3) is 10.6 Å². The van der Waals surface area contributed by atoms with Crippen molar-refractivity contribution in [1.29, 1.82) is 0 Å². The van der Waals surface area contributed by atoms with Crippen molar-refractivity contribution < 1.29 is 0 Å². The van der Waals surface area contributed by atoms with E-state index in [-0.39, 0.29) is 0 Å². The van der Waals surface area contributed by atoms with Gasteiger partial charge in [0.05, 0.1) is 18.4 Å². The molecule has 1 atom stereocenters. The molecule has 3 aromatic heterocycles. The highest BCUT2D eigenvalue weighted by Crippen LogP contribution is 2.26. The van der Waals surface area contributed by atoms with Crippen LogP contribution in [0.15, 0.2) is 36.2 Å². The fourth-order valence-electron chi connectivity index (χ4n) is 3.19. The predicted octanol–water partition coefficient (Wildman–Crippen LogP) is 2.40. The lowest BCUT2D eigenvalue weighted by atomic mass is 10.2. The fraction of sp³-hybridized carbons (Fsp3) is 0.438. The molecular formula is C16H20N6S. The highest BCUT2D eigenvalue weighted by atomic mass is 32.1. The zero-order valence-corrected chi connectivity index (χ0v) is 14.0. The van der Waals surface area contributed by atoms with E-state index in [4.69, 9.17) is 4.98 Å². The number of likely N-dealkylation sites (tertiary alicyclic amines) is 1. The Kier molecular flexibility index (Phi) is 3.97. The van der Waals surface area contributed by atoms with Crippen molar-refractivity contribution in [2.75, 3.05) is 6.54 Å². The molecule has 0 amide bonds. The summed E-state index contributed by atoms with van der Waals surface area (Å²) in [4.78, 5) is 7.32. The van der Waals surface area contributed by atoms with E-state index in [2.05, 4.69) is 20.5 Å². The van der Waals surface area contributed by atoms with E-state index >= 15 is 0 Å². The molecule has 4 rings (SSSR count). The second kappa shape index (κ2) is 6.25. The van der Waals surface area contributed by atoms with Crippen molar-refractivity contribution in [1.82, 2.24) is 29.4 Å². The summed E-state index contributed by atoms with van der Waals surface area (Å²) >= 11 is 1.70. The number of hydrogen-bond acceptors (Lipinski definition) is 5. The molecule has 0 bridgehead atoms. The molecule has 0 radical (unpaired) electrons. The minimum absolute atomic E-state index is 0.554. The number of aryl methyl sites for hydroxylation is 1. The molecule has 0 aliphatic carbocycles. The molecule has 120 valence electrons. The van der Waals surface area contributed by atoms with Gasteiger partial charge in [0.1, 0.15) is 5.01 Å². The Hall–Kier alpha value is -1.99. The summed E-state index contributed by atoms with van der Waals surface area (Å²) < 4.78 is 3.85. The molecule has 6 nitrogen and oxygen atoms in total. The Balaban J connectivity index is 1.44. The molecule has 1 aliphatic rings. The summed E-state index contributed by atoms with van der Waals surface area (Å²) in [7, 11) is 1.93. The van der Waals surface area contributed by atoms with Crippen LogP contribution >= 0.6 is 11.3 Å². The van der Waals surface area contributed by atoms with Crippen LogP contribution in [0.3, 0.4) is 0 Å². The molecule has 23 heavy (non-hydrogen) atoms. The van der Waals surface area contributed by atoms with E-state index < -0.39 is 0 Å². The molecule has 0 spiro atoms. The minimum atomic E-state index is 0.554. The van der Waals surface area contributed by atoms with Crippen molar-refractivity contribution in [3.05, 3.63) is 41.9 Å². The van der Waals surface area contributed by atoms with Gasteiger partial charge in [-0.1, -0.05) is 0 Å². The van der Waals surface area contributed by atoms with Gasteiger partial charge in [-0.2, -0.15) is 10.2 Å². The van der Waals surface area contributed by atoms with Crippen LogP contribution in [0.1, 0.15) is 18.5 Å². The van der Waals surface area contributed by atoms with Crippen molar-refractivity contribution in [2.24, 2.45) is 7.05 Å². The molecule has 1 saturated heterocycles. The smallest absolute Gasteiger partial charge is 0.126 e. The summed E-state index contributed by atoms with van der Waals surface area (Å²) in [5.74, 6) is 0. The van der Waals surface area contributed by atoms with Crippen molar-refractivity contribution in [3.63, 3.8) is 0 Å². The fourth-order valence-corrected chi connectivity index (χ4v) is 3.97. The van der Waals surface area contributed by atoms with Gasteiger partial charge in [0.15, 0.2) is 0 Å². The molecule has 0 aromatic carbocycles. The topological polar surface area (TPSA) is 51.8 Å². The number of hydrogen-bond donors (Lipinski definition) is 0. The van der Waals surface area contributed by atoms with Gasteiger partial charge in [-0.05, 0) is 25.5 Å². The quantitative estimate of drug-likeness (QED) is 0.722. The van der Waals surface area contributed by atoms with Crippen molar-refractivity contribution in [3.8, 4) is 10.6 Å². The number of nitrogens with zero attached hydrogens (tertiary/aromatic N) is 6. The van der Waals surface area contributed by atoms with Crippen LogP contribution < -0.4 is 0 Å². The highest BCUT2D eigenvalue weighted by Gasteiger charge is 2.25. The van der Waals surface area contributed by atoms with Crippen LogP contribution in [0, 0.1) is 0 Å². The maximum atomic E-state index is 4.79. The molecule has 4 heterocycles. The van der Waals surface area contributed by atoms with E-state index in [0.717, 1.165) is 35.9 Å². The van der Waals surface area contributed by atoms with Gasteiger partial charge in [-0.25, -0.2) is 4.98 Å². The van der Waals surface area contributed by atoms with E-state index in [1.165, 1.54) is 12.8 Å². The van der Waals surface area contributed by atoms with Crippen LogP contribution in [-0.2, 0) is 20.1 Å². The van der Waals surface area contributed by atoms with Gasteiger partial charge in [0, 0.05) is 49.2 Å². The van der Waals surface area contributed by atoms with Gasteiger partial charge < -0.3 is 0 Å². The van der Waals surface area contributed by atoms with Gasteiger partial charge in [-0.3, -0.25) is 14.3 Å². The molecule has 0 saturated carbocycles. The van der Waals surface area contributed by atoms with Gasteiger partial charge in [-0.15, -0.1) is 11.3 Å². The maximum Gasteiger partial charge on any atom is 0.126 e. The lowest BCUT2D eigenvalue weighted by Gasteiger charge is -2.23. The average Bonchev–Trinajstić information content (AvgIpc) is 3.29. The van der Waals surface area contributed by atoms with Gasteiger partial charge >= 0.3 is 0 Å². The zero-order valence-electron chi connectivity index (χ0n) is 13.2. The maximum absolute atomic E-state index is 4.79. The van der Waals surface area contributed by atoms with Crippen LogP contribution in [0.2, 0.25) is 0 Å². The normalized spacial score (nSPS) is 18.7. The summed E-state index contributed by atoms with van der Waals surface area (Å²) in [5.41, 5.74) is 2.25. The first kappa shape index (κ1) is 14.6. The molecule has 1 aliphatic heterocycles.